The van der Waals surface area contributed by atoms with Crippen LogP contribution in [0, 0.1) is 6.92 Å². The van der Waals surface area contributed by atoms with E-state index < -0.39 is 0 Å². The molecule has 0 aliphatic carbocycles. The van der Waals surface area contributed by atoms with Gasteiger partial charge in [-0.15, -0.1) is 0 Å². The molecule has 1 aromatic heterocycles. The fraction of sp³-hybridized carbons (Fsp3) is 0.478. The van der Waals surface area contributed by atoms with Crippen molar-refractivity contribution in [2.75, 3.05) is 13.1 Å². The molecule has 6 nitrogen and oxygen atoms in total. The first-order valence-corrected chi connectivity index (χ1v) is 10.1. The highest BCUT2D eigenvalue weighted by atomic mass is 16.3. The number of rotatable bonds is 8. The summed E-state index contributed by atoms with van der Waals surface area (Å²) in [5.74, 6) is 1.43. The average molecular weight is 400 g/mol. The van der Waals surface area contributed by atoms with Gasteiger partial charge in [-0.1, -0.05) is 37.3 Å². The van der Waals surface area contributed by atoms with Gasteiger partial charge in [0, 0.05) is 18.6 Å². The maximum Gasteiger partial charge on any atom is 0.318 e. The first kappa shape index (κ1) is 22.5. The van der Waals surface area contributed by atoms with Crippen molar-refractivity contribution in [1.82, 2.24) is 15.1 Å². The van der Waals surface area contributed by atoms with Gasteiger partial charge in [0.25, 0.3) is 0 Å². The number of aryl methyl sites for hydroxylation is 1. The standard InChI is InChI=1S/C23H33N3O3/c1-6-14-25(22(28)24-23(3,4)5)17-21(27)26(15-19-10-8-7-9-11-19)16-20-13-12-18(2)29-20/h7-13H,6,14-17H2,1-5H3,(H,24,28). The number of carbonyl (C=O) groups excluding carboxylic acids is 2. The zero-order valence-electron chi connectivity index (χ0n) is 18.2. The molecule has 0 fully saturated rings. The van der Waals surface area contributed by atoms with Gasteiger partial charge >= 0.3 is 6.03 Å². The van der Waals surface area contributed by atoms with Crippen molar-refractivity contribution in [3.05, 3.63) is 59.5 Å². The number of nitrogens with one attached hydrogen (secondary N) is 1. The maximum atomic E-state index is 13.2. The number of nitrogens with zero attached hydrogens (tertiary/aromatic N) is 2. The highest BCUT2D eigenvalue weighted by molar-refractivity contribution is 5.84. The highest BCUT2D eigenvalue weighted by Gasteiger charge is 2.24. The van der Waals surface area contributed by atoms with Gasteiger partial charge in [0.05, 0.1) is 6.54 Å². The first-order valence-electron chi connectivity index (χ1n) is 10.1. The number of amides is 3. The summed E-state index contributed by atoms with van der Waals surface area (Å²) in [4.78, 5) is 29.1. The minimum atomic E-state index is -0.360. The first-order chi connectivity index (χ1) is 13.7. The summed E-state index contributed by atoms with van der Waals surface area (Å²) in [6.07, 6.45) is 0.779. The fourth-order valence-electron chi connectivity index (χ4n) is 2.98. The lowest BCUT2D eigenvalue weighted by Crippen LogP contribution is -2.51. The van der Waals surface area contributed by atoms with E-state index in [1.165, 1.54) is 0 Å². The summed E-state index contributed by atoms with van der Waals surface area (Å²) in [5.41, 5.74) is 0.673. The summed E-state index contributed by atoms with van der Waals surface area (Å²) < 4.78 is 5.68. The van der Waals surface area contributed by atoms with Gasteiger partial charge in [0.2, 0.25) is 5.91 Å². The third kappa shape index (κ3) is 7.64. The molecule has 0 aliphatic heterocycles. The molecular formula is C23H33N3O3. The number of benzene rings is 1. The van der Waals surface area contributed by atoms with Crippen molar-refractivity contribution in [2.45, 2.75) is 59.7 Å². The zero-order valence-corrected chi connectivity index (χ0v) is 18.2. The van der Waals surface area contributed by atoms with Crippen LogP contribution in [0.15, 0.2) is 46.9 Å². The van der Waals surface area contributed by atoms with Crippen LogP contribution in [0.25, 0.3) is 0 Å². The molecule has 0 atom stereocenters. The smallest absolute Gasteiger partial charge is 0.318 e. The lowest BCUT2D eigenvalue weighted by atomic mass is 10.1. The number of hydrogen-bond acceptors (Lipinski definition) is 3. The Labute approximate surface area is 173 Å². The van der Waals surface area contributed by atoms with Gasteiger partial charge < -0.3 is 19.5 Å². The van der Waals surface area contributed by atoms with Crippen LogP contribution in [0.5, 0.6) is 0 Å². The second kappa shape index (κ2) is 10.1. The van der Waals surface area contributed by atoms with Crippen molar-refractivity contribution in [1.29, 1.82) is 0 Å². The molecule has 0 spiro atoms. The number of carbonyl (C=O) groups is 2. The summed E-state index contributed by atoms with van der Waals surface area (Å²) in [6.45, 7) is 11.0. The molecule has 2 rings (SSSR count). The normalized spacial score (nSPS) is 11.2. The molecule has 0 radical (unpaired) electrons. The van der Waals surface area contributed by atoms with Crippen LogP contribution in [0.3, 0.4) is 0 Å². The molecule has 1 aromatic carbocycles. The van der Waals surface area contributed by atoms with E-state index in [9.17, 15) is 9.59 Å². The van der Waals surface area contributed by atoms with Crippen molar-refractivity contribution in [2.24, 2.45) is 0 Å². The Hall–Kier alpha value is -2.76. The Bertz CT molecular complexity index is 793. The Morgan fingerprint density at radius 1 is 1.00 bits per heavy atom. The van der Waals surface area contributed by atoms with Gasteiger partial charge in [0.15, 0.2) is 0 Å². The van der Waals surface area contributed by atoms with Crippen LogP contribution < -0.4 is 5.32 Å². The van der Waals surface area contributed by atoms with Crippen LogP contribution in [0.1, 0.15) is 51.2 Å². The summed E-state index contributed by atoms with van der Waals surface area (Å²) in [7, 11) is 0. The van der Waals surface area contributed by atoms with Gasteiger partial charge in [-0.25, -0.2) is 4.79 Å². The Kier molecular flexibility index (Phi) is 7.88. The number of furan rings is 1. The largest absolute Gasteiger partial charge is 0.464 e. The van der Waals surface area contributed by atoms with Crippen LogP contribution >= 0.6 is 0 Å². The van der Waals surface area contributed by atoms with Crippen molar-refractivity contribution >= 4 is 11.9 Å². The number of hydrogen-bond donors (Lipinski definition) is 1. The van der Waals surface area contributed by atoms with E-state index in [4.69, 9.17) is 4.42 Å². The van der Waals surface area contributed by atoms with E-state index in [2.05, 4.69) is 5.32 Å². The monoisotopic (exact) mass is 399 g/mol. The molecule has 1 N–H and O–H groups in total. The van der Waals surface area contributed by atoms with E-state index in [0.717, 1.165) is 23.5 Å². The minimum Gasteiger partial charge on any atom is -0.464 e. The van der Waals surface area contributed by atoms with Crippen molar-refractivity contribution in [3.8, 4) is 0 Å². The Morgan fingerprint density at radius 3 is 2.24 bits per heavy atom. The molecule has 0 aliphatic rings. The average Bonchev–Trinajstić information content (AvgIpc) is 3.05. The molecule has 0 saturated carbocycles. The predicted octanol–water partition coefficient (Wildman–Crippen LogP) is 4.34. The molecule has 1 heterocycles. The van der Waals surface area contributed by atoms with E-state index in [-0.39, 0.29) is 24.0 Å². The third-order valence-corrected chi connectivity index (χ3v) is 4.30. The zero-order chi connectivity index (χ0) is 21.4. The summed E-state index contributed by atoms with van der Waals surface area (Å²) in [5, 5.41) is 2.95. The van der Waals surface area contributed by atoms with Gasteiger partial charge in [-0.05, 0) is 51.8 Å². The Morgan fingerprint density at radius 2 is 1.69 bits per heavy atom. The molecule has 158 valence electrons. The van der Waals surface area contributed by atoms with Crippen LogP contribution in [-0.4, -0.2) is 40.4 Å². The molecule has 29 heavy (non-hydrogen) atoms. The molecular weight excluding hydrogens is 366 g/mol. The van der Waals surface area contributed by atoms with Gasteiger partial charge in [-0.2, -0.15) is 0 Å². The van der Waals surface area contributed by atoms with E-state index in [1.807, 2.05) is 77.1 Å². The molecule has 2 aromatic rings. The van der Waals surface area contributed by atoms with E-state index in [1.54, 1.807) is 9.80 Å². The second-order valence-electron chi connectivity index (χ2n) is 8.35. The third-order valence-electron chi connectivity index (χ3n) is 4.30. The molecule has 0 unspecified atom stereocenters. The van der Waals surface area contributed by atoms with Crippen molar-refractivity contribution < 1.29 is 14.0 Å². The lowest BCUT2D eigenvalue weighted by molar-refractivity contribution is -0.133. The molecule has 0 bridgehead atoms. The highest BCUT2D eigenvalue weighted by Crippen LogP contribution is 2.14. The minimum absolute atomic E-state index is 0.0300. The molecule has 3 amide bonds. The maximum absolute atomic E-state index is 13.2. The lowest BCUT2D eigenvalue weighted by Gasteiger charge is -2.30. The summed E-state index contributed by atoms with van der Waals surface area (Å²) >= 11 is 0. The van der Waals surface area contributed by atoms with Crippen LogP contribution in [-0.2, 0) is 17.9 Å². The van der Waals surface area contributed by atoms with Gasteiger partial charge in [0.1, 0.15) is 18.1 Å². The van der Waals surface area contributed by atoms with Gasteiger partial charge in [-0.3, -0.25) is 4.79 Å². The molecule has 0 saturated heterocycles. The summed E-state index contributed by atoms with van der Waals surface area (Å²) in [6, 6.07) is 13.4. The predicted molar refractivity (Wildman–Crippen MR) is 114 cm³/mol. The number of urea groups is 1. The van der Waals surface area contributed by atoms with Crippen LogP contribution in [0.2, 0.25) is 0 Å². The van der Waals surface area contributed by atoms with E-state index >= 15 is 0 Å². The fourth-order valence-corrected chi connectivity index (χ4v) is 2.98. The van der Waals surface area contributed by atoms with E-state index in [0.29, 0.717) is 19.6 Å². The second-order valence-corrected chi connectivity index (χ2v) is 8.35. The quantitative estimate of drug-likeness (QED) is 0.718. The molecule has 6 heteroatoms. The SMILES string of the molecule is CCCN(CC(=O)N(Cc1ccccc1)Cc1ccc(C)o1)C(=O)NC(C)(C)C. The van der Waals surface area contributed by atoms with Crippen molar-refractivity contribution in [3.63, 3.8) is 0 Å². The topological polar surface area (TPSA) is 65.8 Å². The van der Waals surface area contributed by atoms with Crippen LogP contribution in [0.4, 0.5) is 4.79 Å². The Balaban J connectivity index is 2.16.